The summed E-state index contributed by atoms with van der Waals surface area (Å²) in [5.74, 6) is 0.0107. The lowest BCUT2D eigenvalue weighted by Crippen LogP contribution is -2.49. The van der Waals surface area contributed by atoms with Crippen LogP contribution < -0.4 is 5.32 Å². The van der Waals surface area contributed by atoms with Crippen molar-refractivity contribution in [1.82, 2.24) is 10.2 Å². The first kappa shape index (κ1) is 16.2. The van der Waals surface area contributed by atoms with Crippen LogP contribution >= 0.6 is 0 Å². The average molecular weight is 336 g/mol. The third-order valence-corrected chi connectivity index (χ3v) is 5.40. The van der Waals surface area contributed by atoms with Gasteiger partial charge in [-0.25, -0.2) is 0 Å². The molecule has 4 rings (SSSR count). The number of carbonyl (C=O) groups excluding carboxylic acids is 1. The van der Waals surface area contributed by atoms with E-state index in [1.165, 1.54) is 18.4 Å². The van der Waals surface area contributed by atoms with Crippen LogP contribution in [-0.4, -0.2) is 28.9 Å². The monoisotopic (exact) mass is 336 g/mol. The summed E-state index contributed by atoms with van der Waals surface area (Å²) < 4.78 is 5.19. The van der Waals surface area contributed by atoms with Gasteiger partial charge in [-0.3, -0.25) is 9.69 Å². The molecule has 2 bridgehead atoms. The van der Waals surface area contributed by atoms with E-state index in [0.29, 0.717) is 12.1 Å². The normalized spacial score (nSPS) is 26.2. The molecule has 2 aromatic rings. The summed E-state index contributed by atoms with van der Waals surface area (Å²) in [6.07, 6.45) is 11.6. The van der Waals surface area contributed by atoms with Crippen molar-refractivity contribution >= 4 is 12.0 Å². The molecule has 0 radical (unpaired) electrons. The van der Waals surface area contributed by atoms with Gasteiger partial charge in [0.1, 0.15) is 0 Å². The molecule has 25 heavy (non-hydrogen) atoms. The first-order valence-corrected chi connectivity index (χ1v) is 9.08. The average Bonchev–Trinajstić information content (AvgIpc) is 3.21. The van der Waals surface area contributed by atoms with Crippen molar-refractivity contribution in [2.24, 2.45) is 0 Å². The molecule has 0 saturated carbocycles. The number of fused-ring (bicyclic) bond motifs is 2. The molecule has 4 nitrogen and oxygen atoms in total. The Morgan fingerprint density at radius 2 is 1.92 bits per heavy atom. The zero-order valence-electron chi connectivity index (χ0n) is 14.3. The van der Waals surface area contributed by atoms with Crippen molar-refractivity contribution in [2.45, 2.75) is 50.4 Å². The van der Waals surface area contributed by atoms with Crippen molar-refractivity contribution < 1.29 is 9.21 Å². The van der Waals surface area contributed by atoms with Gasteiger partial charge in [-0.15, -0.1) is 0 Å². The predicted molar refractivity (Wildman–Crippen MR) is 97.7 cm³/mol. The zero-order chi connectivity index (χ0) is 17.1. The minimum Gasteiger partial charge on any atom is -0.472 e. The van der Waals surface area contributed by atoms with Crippen molar-refractivity contribution in [1.29, 1.82) is 0 Å². The van der Waals surface area contributed by atoms with Crippen LogP contribution in [0.4, 0.5) is 0 Å². The number of amides is 1. The Kier molecular flexibility index (Phi) is 4.70. The Bertz CT molecular complexity index is 710. The van der Waals surface area contributed by atoms with E-state index in [2.05, 4.69) is 10.2 Å². The van der Waals surface area contributed by atoms with E-state index in [0.717, 1.165) is 24.9 Å². The molecule has 4 heteroatoms. The molecule has 1 aromatic carbocycles. The molecule has 2 aliphatic heterocycles. The van der Waals surface area contributed by atoms with E-state index in [1.54, 1.807) is 12.3 Å². The number of furan rings is 1. The number of nitrogens with one attached hydrogen (secondary N) is 1. The largest absolute Gasteiger partial charge is 0.472 e. The summed E-state index contributed by atoms with van der Waals surface area (Å²) in [4.78, 5) is 14.8. The van der Waals surface area contributed by atoms with Crippen molar-refractivity contribution in [3.8, 4) is 0 Å². The second-order valence-electron chi connectivity index (χ2n) is 7.11. The quantitative estimate of drug-likeness (QED) is 0.849. The third-order valence-electron chi connectivity index (χ3n) is 5.40. The van der Waals surface area contributed by atoms with Crippen LogP contribution in [0.3, 0.4) is 0 Å². The van der Waals surface area contributed by atoms with Gasteiger partial charge < -0.3 is 9.73 Å². The lowest BCUT2D eigenvalue weighted by Gasteiger charge is -2.38. The van der Waals surface area contributed by atoms with Crippen LogP contribution in [0.1, 0.15) is 36.8 Å². The third kappa shape index (κ3) is 3.85. The van der Waals surface area contributed by atoms with E-state index in [-0.39, 0.29) is 11.9 Å². The fourth-order valence-corrected chi connectivity index (χ4v) is 4.23. The Balaban J connectivity index is 1.32. The second-order valence-corrected chi connectivity index (χ2v) is 7.11. The molecule has 130 valence electrons. The van der Waals surface area contributed by atoms with Gasteiger partial charge in [-0.2, -0.15) is 0 Å². The van der Waals surface area contributed by atoms with E-state index >= 15 is 0 Å². The van der Waals surface area contributed by atoms with Gasteiger partial charge in [-0.1, -0.05) is 30.3 Å². The fraction of sp³-hybridized carbons (Fsp3) is 0.381. The summed E-state index contributed by atoms with van der Waals surface area (Å²) in [6.45, 7) is 0.959. The van der Waals surface area contributed by atoms with Crippen LogP contribution in [-0.2, 0) is 11.3 Å². The van der Waals surface area contributed by atoms with Gasteiger partial charge in [0.05, 0.1) is 12.5 Å². The van der Waals surface area contributed by atoms with Gasteiger partial charge >= 0.3 is 0 Å². The molecule has 2 fully saturated rings. The highest BCUT2D eigenvalue weighted by atomic mass is 16.3. The summed E-state index contributed by atoms with van der Waals surface area (Å²) in [6, 6.07) is 13.4. The molecule has 2 unspecified atom stereocenters. The van der Waals surface area contributed by atoms with Crippen LogP contribution in [0.2, 0.25) is 0 Å². The van der Waals surface area contributed by atoms with Gasteiger partial charge in [0.15, 0.2) is 0 Å². The van der Waals surface area contributed by atoms with E-state index < -0.39 is 0 Å². The molecule has 1 aromatic heterocycles. The van der Waals surface area contributed by atoms with Gasteiger partial charge in [0.2, 0.25) is 5.91 Å². The van der Waals surface area contributed by atoms with Crippen LogP contribution in [0, 0.1) is 0 Å². The zero-order valence-corrected chi connectivity index (χ0v) is 14.3. The lowest BCUT2D eigenvalue weighted by molar-refractivity contribution is -0.117. The van der Waals surface area contributed by atoms with Crippen LogP contribution in [0.5, 0.6) is 0 Å². The minimum absolute atomic E-state index is 0.0107. The SMILES string of the molecule is O=C(/C=C/c1ccccc1)NC1CC2CCC(C1)N2Cc1ccoc1. The smallest absolute Gasteiger partial charge is 0.244 e. The minimum atomic E-state index is 0.0107. The number of nitrogens with zero attached hydrogens (tertiary/aromatic N) is 1. The van der Waals surface area contributed by atoms with Crippen molar-refractivity contribution in [2.75, 3.05) is 0 Å². The molecule has 1 N–H and O–H groups in total. The Labute approximate surface area is 148 Å². The molecule has 2 aliphatic rings. The number of carbonyl (C=O) groups is 1. The summed E-state index contributed by atoms with van der Waals surface area (Å²) >= 11 is 0. The molecule has 3 heterocycles. The molecule has 1 amide bonds. The first-order chi connectivity index (χ1) is 12.3. The van der Waals surface area contributed by atoms with Gasteiger partial charge in [0, 0.05) is 36.3 Å². The van der Waals surface area contributed by atoms with Crippen molar-refractivity contribution in [3.05, 3.63) is 66.1 Å². The predicted octanol–water partition coefficient (Wildman–Crippen LogP) is 3.60. The number of rotatable bonds is 5. The molecule has 2 saturated heterocycles. The molecule has 0 spiro atoms. The maximum Gasteiger partial charge on any atom is 0.244 e. The summed E-state index contributed by atoms with van der Waals surface area (Å²) in [7, 11) is 0. The maximum atomic E-state index is 12.2. The van der Waals surface area contributed by atoms with E-state index in [1.807, 2.05) is 48.7 Å². The van der Waals surface area contributed by atoms with Gasteiger partial charge in [-0.05, 0) is 43.4 Å². The number of hydrogen-bond donors (Lipinski definition) is 1. The van der Waals surface area contributed by atoms with Crippen LogP contribution in [0.15, 0.2) is 59.4 Å². The van der Waals surface area contributed by atoms with E-state index in [9.17, 15) is 4.79 Å². The standard InChI is InChI=1S/C21H24N2O2/c24-21(9-6-16-4-2-1-3-5-16)22-18-12-19-7-8-20(13-18)23(19)14-17-10-11-25-15-17/h1-6,9-11,15,18-20H,7-8,12-14H2,(H,22,24)/b9-6+. The molecular formula is C21H24N2O2. The lowest BCUT2D eigenvalue weighted by atomic mass is 9.96. The highest BCUT2D eigenvalue weighted by molar-refractivity contribution is 5.91. The topological polar surface area (TPSA) is 45.5 Å². The molecular weight excluding hydrogens is 312 g/mol. The first-order valence-electron chi connectivity index (χ1n) is 9.08. The Morgan fingerprint density at radius 1 is 1.16 bits per heavy atom. The van der Waals surface area contributed by atoms with Crippen LogP contribution in [0.25, 0.3) is 6.08 Å². The highest BCUT2D eigenvalue weighted by Gasteiger charge is 2.40. The van der Waals surface area contributed by atoms with Gasteiger partial charge in [0.25, 0.3) is 0 Å². The van der Waals surface area contributed by atoms with E-state index in [4.69, 9.17) is 4.42 Å². The molecule has 2 atom stereocenters. The Hall–Kier alpha value is -2.33. The summed E-state index contributed by atoms with van der Waals surface area (Å²) in [5, 5.41) is 3.20. The number of piperidine rings is 1. The number of hydrogen-bond acceptors (Lipinski definition) is 3. The fourth-order valence-electron chi connectivity index (χ4n) is 4.23. The summed E-state index contributed by atoms with van der Waals surface area (Å²) in [5.41, 5.74) is 2.29. The van der Waals surface area contributed by atoms with Crippen molar-refractivity contribution in [3.63, 3.8) is 0 Å². The highest BCUT2D eigenvalue weighted by Crippen LogP contribution is 2.36. The second kappa shape index (κ2) is 7.28. The maximum absolute atomic E-state index is 12.2. The molecule has 0 aliphatic carbocycles. The Morgan fingerprint density at radius 3 is 2.60 bits per heavy atom. The number of benzene rings is 1.